The molecular formula is C19H18FN3O2S. The van der Waals surface area contributed by atoms with Gasteiger partial charge in [0, 0.05) is 16.9 Å². The Balaban J connectivity index is 1.55. The number of aryl methyl sites for hydroxylation is 1. The summed E-state index contributed by atoms with van der Waals surface area (Å²) in [4.78, 5) is 0. The number of hydrogen-bond donors (Lipinski definition) is 0. The number of hydrogen-bond acceptors (Lipinski definition) is 5. The molecule has 0 atom stereocenters. The van der Waals surface area contributed by atoms with Gasteiger partial charge in [-0.25, -0.2) is 4.39 Å². The van der Waals surface area contributed by atoms with Crippen molar-refractivity contribution in [3.05, 3.63) is 70.8 Å². The molecule has 1 aromatic heterocycles. The van der Waals surface area contributed by atoms with Gasteiger partial charge < -0.3 is 14.0 Å². The lowest BCUT2D eigenvalue weighted by atomic mass is 10.1. The Morgan fingerprint density at radius 3 is 2.88 bits per heavy atom. The Kier molecular flexibility index (Phi) is 4.90. The Morgan fingerprint density at radius 2 is 2.04 bits per heavy atom. The fourth-order valence-electron chi connectivity index (χ4n) is 2.92. The first-order chi connectivity index (χ1) is 12.7. The number of halogens is 1. The van der Waals surface area contributed by atoms with Crippen LogP contribution in [0.4, 0.5) is 4.39 Å². The SMILES string of the molecule is Cc1nnc(SCc2cc(F)cc3c2OCOC3)n1Cc1ccccc1. The standard InChI is InChI=1S/C19H18FN3O2S/c1-13-21-22-19(23(13)9-14-5-3-2-4-6-14)26-11-16-8-17(20)7-15-10-24-12-25-18(15)16/h2-8H,9-12H2,1H3. The van der Waals surface area contributed by atoms with E-state index in [2.05, 4.69) is 26.9 Å². The largest absolute Gasteiger partial charge is 0.467 e. The Labute approximate surface area is 155 Å². The molecule has 0 spiro atoms. The van der Waals surface area contributed by atoms with Crippen molar-refractivity contribution in [1.82, 2.24) is 14.8 Å². The minimum Gasteiger partial charge on any atom is -0.467 e. The molecule has 2 heterocycles. The highest BCUT2D eigenvalue weighted by molar-refractivity contribution is 7.98. The van der Waals surface area contributed by atoms with Crippen LogP contribution in [0.25, 0.3) is 0 Å². The molecule has 0 N–H and O–H groups in total. The lowest BCUT2D eigenvalue weighted by Gasteiger charge is -2.20. The van der Waals surface area contributed by atoms with Crippen LogP contribution < -0.4 is 4.74 Å². The topological polar surface area (TPSA) is 49.2 Å². The smallest absolute Gasteiger partial charge is 0.191 e. The van der Waals surface area contributed by atoms with Gasteiger partial charge in [0.2, 0.25) is 0 Å². The number of aromatic nitrogens is 3. The van der Waals surface area contributed by atoms with Crippen LogP contribution in [0.3, 0.4) is 0 Å². The Hall–Kier alpha value is -2.38. The van der Waals surface area contributed by atoms with Gasteiger partial charge in [-0.3, -0.25) is 0 Å². The van der Waals surface area contributed by atoms with E-state index in [-0.39, 0.29) is 12.6 Å². The number of ether oxygens (including phenoxy) is 2. The predicted molar refractivity (Wildman–Crippen MR) is 96.5 cm³/mol. The molecule has 3 aromatic rings. The molecule has 0 fully saturated rings. The van der Waals surface area contributed by atoms with Crippen LogP contribution >= 0.6 is 11.8 Å². The monoisotopic (exact) mass is 371 g/mol. The lowest BCUT2D eigenvalue weighted by Crippen LogP contribution is -2.13. The van der Waals surface area contributed by atoms with E-state index in [4.69, 9.17) is 9.47 Å². The van der Waals surface area contributed by atoms with Gasteiger partial charge >= 0.3 is 0 Å². The number of benzene rings is 2. The van der Waals surface area contributed by atoms with Crippen molar-refractivity contribution in [2.45, 2.75) is 31.0 Å². The molecule has 0 saturated heterocycles. The van der Waals surface area contributed by atoms with Gasteiger partial charge in [0.15, 0.2) is 11.9 Å². The summed E-state index contributed by atoms with van der Waals surface area (Å²) in [5.74, 6) is 1.83. The van der Waals surface area contributed by atoms with Crippen LogP contribution in [0.5, 0.6) is 5.75 Å². The number of fused-ring (bicyclic) bond motifs is 1. The van der Waals surface area contributed by atoms with Crippen molar-refractivity contribution in [2.24, 2.45) is 0 Å². The maximum atomic E-state index is 13.9. The first kappa shape index (κ1) is 17.1. The van der Waals surface area contributed by atoms with Crippen molar-refractivity contribution in [2.75, 3.05) is 6.79 Å². The van der Waals surface area contributed by atoms with Crippen LogP contribution in [0.1, 0.15) is 22.5 Å². The highest BCUT2D eigenvalue weighted by atomic mass is 32.2. The maximum absolute atomic E-state index is 13.9. The quantitative estimate of drug-likeness (QED) is 0.636. The van der Waals surface area contributed by atoms with Gasteiger partial charge in [0.1, 0.15) is 17.4 Å². The zero-order valence-corrected chi connectivity index (χ0v) is 15.1. The van der Waals surface area contributed by atoms with Crippen LogP contribution in [-0.2, 0) is 23.6 Å². The zero-order valence-electron chi connectivity index (χ0n) is 14.3. The zero-order chi connectivity index (χ0) is 17.9. The van der Waals surface area contributed by atoms with E-state index in [1.165, 1.54) is 29.5 Å². The Bertz CT molecular complexity index is 915. The van der Waals surface area contributed by atoms with Gasteiger partial charge in [-0.15, -0.1) is 10.2 Å². The molecule has 134 valence electrons. The molecule has 2 aromatic carbocycles. The average Bonchev–Trinajstić information content (AvgIpc) is 3.00. The summed E-state index contributed by atoms with van der Waals surface area (Å²) >= 11 is 1.52. The number of thioether (sulfide) groups is 1. The van der Waals surface area contributed by atoms with Crippen molar-refractivity contribution in [3.8, 4) is 5.75 Å². The molecule has 0 aliphatic carbocycles. The lowest BCUT2D eigenvalue weighted by molar-refractivity contribution is -0.0171. The van der Waals surface area contributed by atoms with E-state index in [9.17, 15) is 4.39 Å². The summed E-state index contributed by atoms with van der Waals surface area (Å²) in [6, 6.07) is 13.2. The van der Waals surface area contributed by atoms with Crippen molar-refractivity contribution >= 4 is 11.8 Å². The van der Waals surface area contributed by atoms with Crippen LogP contribution in [0, 0.1) is 12.7 Å². The highest BCUT2D eigenvalue weighted by Gasteiger charge is 2.18. The number of rotatable bonds is 5. The molecule has 4 rings (SSSR count). The van der Waals surface area contributed by atoms with Gasteiger partial charge in [-0.1, -0.05) is 42.1 Å². The molecule has 0 unspecified atom stereocenters. The minimum absolute atomic E-state index is 0.194. The third-order valence-electron chi connectivity index (χ3n) is 4.19. The summed E-state index contributed by atoms with van der Waals surface area (Å²) < 4.78 is 26.8. The van der Waals surface area contributed by atoms with Crippen molar-refractivity contribution in [1.29, 1.82) is 0 Å². The van der Waals surface area contributed by atoms with E-state index in [1.807, 2.05) is 25.1 Å². The van der Waals surface area contributed by atoms with Crippen molar-refractivity contribution < 1.29 is 13.9 Å². The van der Waals surface area contributed by atoms with E-state index in [0.29, 0.717) is 18.9 Å². The predicted octanol–water partition coefficient (Wildman–Crippen LogP) is 3.93. The maximum Gasteiger partial charge on any atom is 0.191 e. The third-order valence-corrected chi connectivity index (χ3v) is 5.21. The Morgan fingerprint density at radius 1 is 1.19 bits per heavy atom. The molecule has 1 aliphatic rings. The molecule has 0 radical (unpaired) electrons. The van der Waals surface area contributed by atoms with Gasteiger partial charge in [-0.2, -0.15) is 0 Å². The van der Waals surface area contributed by atoms with Crippen LogP contribution in [-0.4, -0.2) is 21.6 Å². The highest BCUT2D eigenvalue weighted by Crippen LogP contribution is 2.33. The number of nitrogens with zero attached hydrogens (tertiary/aromatic N) is 3. The van der Waals surface area contributed by atoms with E-state index in [0.717, 1.165) is 27.9 Å². The normalized spacial score (nSPS) is 13.3. The van der Waals surface area contributed by atoms with Crippen molar-refractivity contribution in [3.63, 3.8) is 0 Å². The second-order valence-electron chi connectivity index (χ2n) is 6.05. The summed E-state index contributed by atoms with van der Waals surface area (Å²) in [5.41, 5.74) is 2.73. The first-order valence-electron chi connectivity index (χ1n) is 8.29. The molecular weight excluding hydrogens is 353 g/mol. The first-order valence-corrected chi connectivity index (χ1v) is 9.27. The van der Waals surface area contributed by atoms with Crippen LogP contribution in [0.2, 0.25) is 0 Å². The molecule has 26 heavy (non-hydrogen) atoms. The summed E-state index contributed by atoms with van der Waals surface area (Å²) in [5, 5.41) is 9.28. The molecule has 0 amide bonds. The van der Waals surface area contributed by atoms with E-state index < -0.39 is 0 Å². The molecule has 7 heteroatoms. The second kappa shape index (κ2) is 7.47. The molecule has 1 aliphatic heterocycles. The van der Waals surface area contributed by atoms with Crippen LogP contribution in [0.15, 0.2) is 47.6 Å². The average molecular weight is 371 g/mol. The van der Waals surface area contributed by atoms with Gasteiger partial charge in [0.25, 0.3) is 0 Å². The minimum atomic E-state index is -0.282. The van der Waals surface area contributed by atoms with E-state index in [1.54, 1.807) is 0 Å². The summed E-state index contributed by atoms with van der Waals surface area (Å²) in [6.07, 6.45) is 0. The van der Waals surface area contributed by atoms with Gasteiger partial charge in [-0.05, 0) is 24.6 Å². The third kappa shape index (κ3) is 3.59. The fourth-order valence-corrected chi connectivity index (χ4v) is 3.87. The van der Waals surface area contributed by atoms with Gasteiger partial charge in [0.05, 0.1) is 13.2 Å². The molecule has 0 saturated carbocycles. The fraction of sp³-hybridized carbons (Fsp3) is 0.263. The second-order valence-corrected chi connectivity index (χ2v) is 7.00. The summed E-state index contributed by atoms with van der Waals surface area (Å²) in [6.45, 7) is 3.20. The molecule has 5 nitrogen and oxygen atoms in total. The molecule has 0 bridgehead atoms. The summed E-state index contributed by atoms with van der Waals surface area (Å²) in [7, 11) is 0. The van der Waals surface area contributed by atoms with E-state index >= 15 is 0 Å².